The lowest BCUT2D eigenvalue weighted by atomic mass is 9.99. The van der Waals surface area contributed by atoms with Crippen LogP contribution in [0.2, 0.25) is 0 Å². The fourth-order valence-electron chi connectivity index (χ4n) is 5.78. The number of ether oxygens (including phenoxy) is 6. The van der Waals surface area contributed by atoms with Crippen LogP contribution in [0.25, 0.3) is 0 Å². The number of fused-ring (bicyclic) bond motifs is 3. The highest BCUT2D eigenvalue weighted by Gasteiger charge is 2.60. The Kier molecular flexibility index (Phi) is 12.9. The van der Waals surface area contributed by atoms with Gasteiger partial charge in [-0.2, -0.15) is 0 Å². The summed E-state index contributed by atoms with van der Waals surface area (Å²) in [6.07, 6.45) is 20.7. The van der Waals surface area contributed by atoms with Gasteiger partial charge < -0.3 is 28.4 Å². The molecule has 3 saturated heterocycles. The van der Waals surface area contributed by atoms with Crippen molar-refractivity contribution in [1.29, 1.82) is 0 Å². The van der Waals surface area contributed by atoms with Gasteiger partial charge in [0.25, 0.3) is 0 Å². The van der Waals surface area contributed by atoms with E-state index in [-0.39, 0.29) is 24.4 Å². The molecular weight excluding hydrogens is 456 g/mol. The molecule has 5 unspecified atom stereocenters. The Labute approximate surface area is 221 Å². The third-order valence-corrected chi connectivity index (χ3v) is 7.68. The predicted octanol–water partition coefficient (Wildman–Crippen LogP) is 7.66. The molecule has 0 bridgehead atoms. The van der Waals surface area contributed by atoms with Crippen LogP contribution in [0.15, 0.2) is 0 Å². The van der Waals surface area contributed by atoms with Crippen molar-refractivity contribution in [2.75, 3.05) is 13.2 Å². The molecule has 0 spiro atoms. The average molecular weight is 513 g/mol. The maximum atomic E-state index is 6.21. The van der Waals surface area contributed by atoms with Crippen LogP contribution in [0.5, 0.6) is 0 Å². The van der Waals surface area contributed by atoms with Crippen molar-refractivity contribution >= 4 is 0 Å². The second-order valence-electron chi connectivity index (χ2n) is 12.1. The molecule has 3 heterocycles. The Hall–Kier alpha value is -0.240. The zero-order chi connectivity index (χ0) is 25.9. The molecule has 0 radical (unpaired) electrons. The maximum absolute atomic E-state index is 6.21. The summed E-state index contributed by atoms with van der Waals surface area (Å²) < 4.78 is 36.6. The fraction of sp³-hybridized carbons (Fsp3) is 1.00. The van der Waals surface area contributed by atoms with Crippen LogP contribution in [0.4, 0.5) is 0 Å². The zero-order valence-electron chi connectivity index (χ0n) is 24.1. The van der Waals surface area contributed by atoms with Gasteiger partial charge in [-0.25, -0.2) is 0 Å². The Morgan fingerprint density at radius 2 is 0.972 bits per heavy atom. The maximum Gasteiger partial charge on any atom is 0.190 e. The summed E-state index contributed by atoms with van der Waals surface area (Å²) in [4.78, 5) is 0. The van der Waals surface area contributed by atoms with Gasteiger partial charge in [0.15, 0.2) is 17.9 Å². The summed E-state index contributed by atoms with van der Waals surface area (Å²) in [5.41, 5.74) is 0. The van der Waals surface area contributed by atoms with Gasteiger partial charge in [0.2, 0.25) is 0 Å². The van der Waals surface area contributed by atoms with Crippen molar-refractivity contribution in [3.05, 3.63) is 0 Å². The first-order chi connectivity index (χ1) is 17.3. The summed E-state index contributed by atoms with van der Waals surface area (Å²) in [7, 11) is 0. The molecule has 5 atom stereocenters. The molecule has 0 aromatic heterocycles. The lowest BCUT2D eigenvalue weighted by Crippen LogP contribution is -2.56. The minimum absolute atomic E-state index is 0.204. The van der Waals surface area contributed by atoms with Gasteiger partial charge in [-0.15, -0.1) is 0 Å². The molecule has 0 amide bonds. The molecule has 0 N–H and O–H groups in total. The molecule has 212 valence electrons. The second-order valence-corrected chi connectivity index (χ2v) is 12.1. The van der Waals surface area contributed by atoms with Crippen molar-refractivity contribution < 1.29 is 28.4 Å². The summed E-state index contributed by atoms with van der Waals surface area (Å²) >= 11 is 0. The Morgan fingerprint density at radius 1 is 0.528 bits per heavy atom. The number of rotatable bonds is 19. The quantitative estimate of drug-likeness (QED) is 0.166. The van der Waals surface area contributed by atoms with Crippen molar-refractivity contribution in [3.8, 4) is 0 Å². The fourth-order valence-corrected chi connectivity index (χ4v) is 5.78. The monoisotopic (exact) mass is 512 g/mol. The molecule has 6 heteroatoms. The molecule has 36 heavy (non-hydrogen) atoms. The Morgan fingerprint density at radius 3 is 1.53 bits per heavy atom. The van der Waals surface area contributed by atoms with Crippen LogP contribution in [0.1, 0.15) is 137 Å². The lowest BCUT2D eigenvalue weighted by molar-refractivity contribution is -0.243. The van der Waals surface area contributed by atoms with E-state index in [0.29, 0.717) is 6.61 Å². The van der Waals surface area contributed by atoms with Gasteiger partial charge in [-0.1, -0.05) is 103 Å². The predicted molar refractivity (Wildman–Crippen MR) is 143 cm³/mol. The Bertz CT molecular complexity index is 594. The van der Waals surface area contributed by atoms with E-state index < -0.39 is 17.9 Å². The molecule has 0 aromatic carbocycles. The van der Waals surface area contributed by atoms with Gasteiger partial charge in [-0.3, -0.25) is 0 Å². The van der Waals surface area contributed by atoms with Crippen molar-refractivity contribution in [1.82, 2.24) is 0 Å². The van der Waals surface area contributed by atoms with E-state index in [4.69, 9.17) is 28.4 Å². The third kappa shape index (κ3) is 10.1. The third-order valence-electron chi connectivity index (χ3n) is 7.68. The minimum Gasteiger partial charge on any atom is -0.379 e. The molecule has 3 rings (SSSR count). The standard InChI is InChI=1S/C30H56O6/c1-6-7-8-9-10-11-12-13-14-15-16-17-18-19-20-21-22-31-23-24-25-26(34-29(2,3)33-25)27-28(32-24)36-30(4,5)35-27/h24-28H,6-23H2,1-5H3. The molecule has 3 aliphatic rings. The second kappa shape index (κ2) is 15.4. The molecule has 0 aromatic rings. The summed E-state index contributed by atoms with van der Waals surface area (Å²) in [6.45, 7) is 11.2. The molecule has 6 nitrogen and oxygen atoms in total. The molecule has 3 fully saturated rings. The van der Waals surface area contributed by atoms with E-state index in [9.17, 15) is 0 Å². The molecule has 0 saturated carbocycles. The van der Waals surface area contributed by atoms with Gasteiger partial charge in [0.05, 0.1) is 6.61 Å². The molecule has 0 aliphatic carbocycles. The highest BCUT2D eigenvalue weighted by atomic mass is 16.9. The normalized spacial score (nSPS) is 30.4. The van der Waals surface area contributed by atoms with E-state index in [0.717, 1.165) is 13.0 Å². The van der Waals surface area contributed by atoms with Crippen LogP contribution >= 0.6 is 0 Å². The highest BCUT2D eigenvalue weighted by molar-refractivity contribution is 5.00. The van der Waals surface area contributed by atoms with Gasteiger partial charge >= 0.3 is 0 Å². The summed E-state index contributed by atoms with van der Waals surface area (Å²) in [5, 5.41) is 0. The van der Waals surface area contributed by atoms with E-state index in [1.54, 1.807) is 0 Å². The Balaban J connectivity index is 1.15. The topological polar surface area (TPSA) is 55.4 Å². The SMILES string of the molecule is CCCCCCCCCCCCCCCCCCOCC1OC2OC(C)(C)OC2C2OC(C)(C)OC12. The van der Waals surface area contributed by atoms with Crippen molar-refractivity contribution in [3.63, 3.8) is 0 Å². The first-order valence-corrected chi connectivity index (χ1v) is 15.3. The van der Waals surface area contributed by atoms with E-state index >= 15 is 0 Å². The zero-order valence-corrected chi connectivity index (χ0v) is 24.1. The molecular formula is C30H56O6. The van der Waals surface area contributed by atoms with Gasteiger partial charge in [-0.05, 0) is 34.1 Å². The smallest absolute Gasteiger partial charge is 0.190 e. The number of hydrogen-bond acceptors (Lipinski definition) is 6. The van der Waals surface area contributed by atoms with E-state index in [2.05, 4.69) is 6.92 Å². The van der Waals surface area contributed by atoms with Crippen molar-refractivity contribution in [2.45, 2.75) is 180 Å². The van der Waals surface area contributed by atoms with Crippen LogP contribution in [0, 0.1) is 0 Å². The van der Waals surface area contributed by atoms with Crippen LogP contribution in [-0.4, -0.2) is 55.5 Å². The highest BCUT2D eigenvalue weighted by Crippen LogP contribution is 2.44. The largest absolute Gasteiger partial charge is 0.379 e. The van der Waals surface area contributed by atoms with Gasteiger partial charge in [0.1, 0.15) is 24.4 Å². The summed E-state index contributed by atoms with van der Waals surface area (Å²) in [6, 6.07) is 0. The molecule has 3 aliphatic heterocycles. The minimum atomic E-state index is -0.681. The van der Waals surface area contributed by atoms with E-state index in [1.165, 1.54) is 96.3 Å². The van der Waals surface area contributed by atoms with E-state index in [1.807, 2.05) is 27.7 Å². The average Bonchev–Trinajstić information content (AvgIpc) is 3.32. The van der Waals surface area contributed by atoms with Crippen LogP contribution < -0.4 is 0 Å². The first kappa shape index (κ1) is 30.3. The van der Waals surface area contributed by atoms with Crippen LogP contribution in [-0.2, 0) is 28.4 Å². The van der Waals surface area contributed by atoms with Crippen LogP contribution in [0.3, 0.4) is 0 Å². The number of hydrogen-bond donors (Lipinski definition) is 0. The first-order valence-electron chi connectivity index (χ1n) is 15.3. The summed E-state index contributed by atoms with van der Waals surface area (Å²) in [5.74, 6) is -1.34. The lowest BCUT2D eigenvalue weighted by Gasteiger charge is -2.37. The van der Waals surface area contributed by atoms with Gasteiger partial charge in [0, 0.05) is 6.61 Å². The van der Waals surface area contributed by atoms with Crippen molar-refractivity contribution in [2.24, 2.45) is 0 Å². The number of unbranched alkanes of at least 4 members (excludes halogenated alkanes) is 15.